The van der Waals surface area contributed by atoms with Crippen molar-refractivity contribution in [1.29, 1.82) is 0 Å². The van der Waals surface area contributed by atoms with Gasteiger partial charge in [0.2, 0.25) is 5.91 Å². The van der Waals surface area contributed by atoms with Crippen LogP contribution in [0, 0.1) is 5.92 Å². The first kappa shape index (κ1) is 26.0. The summed E-state index contributed by atoms with van der Waals surface area (Å²) < 4.78 is 5.33. The number of morpholine rings is 1. The molecule has 2 saturated heterocycles. The van der Waals surface area contributed by atoms with Gasteiger partial charge in [0.05, 0.1) is 41.4 Å². The van der Waals surface area contributed by atoms with Crippen molar-refractivity contribution in [3.8, 4) is 11.3 Å². The van der Waals surface area contributed by atoms with E-state index in [1.807, 2.05) is 17.0 Å². The Kier molecular flexibility index (Phi) is 7.13. The van der Waals surface area contributed by atoms with Crippen LogP contribution in [0.4, 0.5) is 10.5 Å². The molecule has 0 radical (unpaired) electrons. The molecule has 1 saturated carbocycles. The number of carbonyl (C=O) groups excluding carboxylic acids is 3. The first-order chi connectivity index (χ1) is 18.9. The van der Waals surface area contributed by atoms with Gasteiger partial charge in [-0.1, -0.05) is 12.1 Å². The third-order valence-corrected chi connectivity index (χ3v) is 8.77. The minimum atomic E-state index is -0.384. The number of fused-ring (bicyclic) bond motifs is 3. The van der Waals surface area contributed by atoms with Gasteiger partial charge in [-0.15, -0.1) is 0 Å². The molecule has 4 aliphatic rings. The predicted octanol–water partition coefficient (Wildman–Crippen LogP) is 2.43. The number of aromatic amines is 1. The van der Waals surface area contributed by atoms with Crippen LogP contribution in [0.15, 0.2) is 18.2 Å². The number of amides is 3. The van der Waals surface area contributed by atoms with Crippen LogP contribution in [-0.4, -0.2) is 102 Å². The third kappa shape index (κ3) is 4.94. The van der Waals surface area contributed by atoms with Crippen molar-refractivity contribution < 1.29 is 19.1 Å². The average Bonchev–Trinajstić information content (AvgIpc) is 3.66. The van der Waals surface area contributed by atoms with Crippen molar-refractivity contribution >= 4 is 23.4 Å². The summed E-state index contributed by atoms with van der Waals surface area (Å²) in [5.74, 6) is 0.333. The molecule has 208 valence electrons. The number of nitrogens with one attached hydrogen (secondary N) is 3. The Morgan fingerprint density at radius 2 is 1.82 bits per heavy atom. The molecule has 2 aromatic rings. The SMILES string of the molecule is CN(C)C1CCN(C(=O)[C@H]2CC[C@H](c3n[nH]c4c3C(=O)c3c(NC(=O)NN5CCOCC5)cccc3-4)CC2)C1. The fraction of sp³-hybridized carbons (Fsp3) is 0.571. The van der Waals surface area contributed by atoms with E-state index in [1.165, 1.54) is 0 Å². The number of aromatic nitrogens is 2. The quantitative estimate of drug-likeness (QED) is 0.459. The first-order valence-electron chi connectivity index (χ1n) is 14.0. The van der Waals surface area contributed by atoms with Gasteiger partial charge in [0.25, 0.3) is 0 Å². The maximum atomic E-state index is 13.7. The smallest absolute Gasteiger partial charge is 0.333 e. The molecular formula is C28H37N7O4. The number of urea groups is 1. The second kappa shape index (κ2) is 10.7. The second-order valence-electron chi connectivity index (χ2n) is 11.3. The number of benzene rings is 1. The molecule has 0 spiro atoms. The van der Waals surface area contributed by atoms with Crippen molar-refractivity contribution in [2.75, 3.05) is 58.8 Å². The standard InChI is InChI=1S/C28H37N7O4/c1-33(2)19-10-11-34(16-19)27(37)18-8-6-17(7-9-18)24-23-25(31-30-24)20-4-3-5-21(22(20)26(23)36)29-28(38)32-35-12-14-39-15-13-35/h3-5,17-19H,6-16H2,1-2H3,(H,30,31)(H2,29,32,38)/t17-,18-,19?. The van der Waals surface area contributed by atoms with Crippen molar-refractivity contribution in [3.63, 3.8) is 0 Å². The third-order valence-electron chi connectivity index (χ3n) is 8.77. The van der Waals surface area contributed by atoms with Crippen molar-refractivity contribution in [2.45, 2.75) is 44.1 Å². The van der Waals surface area contributed by atoms with Crippen molar-refractivity contribution in [3.05, 3.63) is 35.0 Å². The molecular weight excluding hydrogens is 498 g/mol. The molecule has 1 atom stereocenters. The topological polar surface area (TPSA) is 123 Å². The zero-order chi connectivity index (χ0) is 27.1. The van der Waals surface area contributed by atoms with Crippen LogP contribution in [0.3, 0.4) is 0 Å². The van der Waals surface area contributed by atoms with Gasteiger partial charge in [0.15, 0.2) is 5.78 Å². The highest BCUT2D eigenvalue weighted by Gasteiger charge is 2.39. The molecule has 39 heavy (non-hydrogen) atoms. The second-order valence-corrected chi connectivity index (χ2v) is 11.3. The summed E-state index contributed by atoms with van der Waals surface area (Å²) in [5, 5.41) is 12.4. The van der Waals surface area contributed by atoms with Crippen molar-refractivity contribution in [2.24, 2.45) is 5.92 Å². The lowest BCUT2D eigenvalue weighted by atomic mass is 9.79. The highest BCUT2D eigenvalue weighted by molar-refractivity contribution is 6.25. The molecule has 2 aliphatic carbocycles. The van der Waals surface area contributed by atoms with Gasteiger partial charge in [0, 0.05) is 49.6 Å². The van der Waals surface area contributed by atoms with E-state index in [4.69, 9.17) is 4.74 Å². The van der Waals surface area contributed by atoms with Gasteiger partial charge in [-0.3, -0.25) is 20.1 Å². The average molecular weight is 536 g/mol. The number of likely N-dealkylation sites (tertiary alicyclic amines) is 1. The molecule has 11 nitrogen and oxygen atoms in total. The lowest BCUT2D eigenvalue weighted by Gasteiger charge is -2.30. The molecule has 3 fully saturated rings. The van der Waals surface area contributed by atoms with Crippen LogP contribution in [0.1, 0.15) is 59.6 Å². The van der Waals surface area contributed by atoms with E-state index in [9.17, 15) is 14.4 Å². The van der Waals surface area contributed by atoms with Gasteiger partial charge in [-0.05, 0) is 52.3 Å². The van der Waals surface area contributed by atoms with E-state index in [-0.39, 0.29) is 29.6 Å². The van der Waals surface area contributed by atoms with E-state index >= 15 is 0 Å². The predicted molar refractivity (Wildman–Crippen MR) is 145 cm³/mol. The number of likely N-dealkylation sites (N-methyl/N-ethyl adjacent to an activating group) is 1. The summed E-state index contributed by atoms with van der Waals surface area (Å²) in [6.07, 6.45) is 4.31. The number of rotatable bonds is 5. The van der Waals surface area contributed by atoms with Gasteiger partial charge in [-0.2, -0.15) is 5.10 Å². The number of ether oxygens (including phenoxy) is 1. The molecule has 3 N–H and O–H groups in total. The first-order valence-corrected chi connectivity index (χ1v) is 14.0. The van der Waals surface area contributed by atoms with Crippen LogP contribution in [0.5, 0.6) is 0 Å². The van der Waals surface area contributed by atoms with E-state index in [0.717, 1.165) is 56.5 Å². The largest absolute Gasteiger partial charge is 0.379 e. The van der Waals surface area contributed by atoms with Crippen LogP contribution < -0.4 is 10.7 Å². The minimum absolute atomic E-state index is 0.0443. The highest BCUT2D eigenvalue weighted by atomic mass is 16.5. The zero-order valence-electron chi connectivity index (χ0n) is 22.7. The van der Waals surface area contributed by atoms with Crippen LogP contribution in [0.25, 0.3) is 11.3 Å². The molecule has 1 aromatic heterocycles. The lowest BCUT2D eigenvalue weighted by molar-refractivity contribution is -0.135. The number of anilines is 1. The fourth-order valence-electron chi connectivity index (χ4n) is 6.52. The normalized spacial score (nSPS) is 25.1. The van der Waals surface area contributed by atoms with Crippen LogP contribution in [0.2, 0.25) is 0 Å². The number of carbonyl (C=O) groups is 3. The Balaban J connectivity index is 1.12. The Hall–Kier alpha value is -3.28. The number of H-pyrrole nitrogens is 1. The Bertz CT molecular complexity index is 1260. The summed E-state index contributed by atoms with van der Waals surface area (Å²) in [6.45, 7) is 4.00. The summed E-state index contributed by atoms with van der Waals surface area (Å²) in [7, 11) is 4.15. The Morgan fingerprint density at radius 1 is 1.05 bits per heavy atom. The summed E-state index contributed by atoms with van der Waals surface area (Å²) >= 11 is 0. The van der Waals surface area contributed by atoms with Crippen molar-refractivity contribution in [1.82, 2.24) is 30.4 Å². The van der Waals surface area contributed by atoms with Gasteiger partial charge >= 0.3 is 6.03 Å². The monoisotopic (exact) mass is 535 g/mol. The maximum absolute atomic E-state index is 13.7. The number of ketones is 1. The van der Waals surface area contributed by atoms with E-state index in [0.29, 0.717) is 54.9 Å². The summed E-state index contributed by atoms with van der Waals surface area (Å²) in [4.78, 5) is 43.8. The molecule has 1 unspecified atom stereocenters. The van der Waals surface area contributed by atoms with Gasteiger partial charge in [0.1, 0.15) is 0 Å². The molecule has 6 rings (SSSR count). The molecule has 3 heterocycles. The van der Waals surface area contributed by atoms with E-state index in [2.05, 4.69) is 39.9 Å². The highest BCUT2D eigenvalue weighted by Crippen LogP contribution is 2.45. The molecule has 3 amide bonds. The molecule has 11 heteroatoms. The zero-order valence-corrected chi connectivity index (χ0v) is 22.7. The van der Waals surface area contributed by atoms with Crippen LogP contribution in [-0.2, 0) is 9.53 Å². The molecule has 1 aromatic carbocycles. The summed E-state index contributed by atoms with van der Waals surface area (Å²) in [6, 6.07) is 5.53. The number of hydrogen-bond acceptors (Lipinski definition) is 7. The molecule has 2 aliphatic heterocycles. The summed E-state index contributed by atoms with van der Waals surface area (Å²) in [5.41, 5.74) is 6.67. The number of hydrazine groups is 1. The fourth-order valence-corrected chi connectivity index (χ4v) is 6.52. The van der Waals surface area contributed by atoms with E-state index < -0.39 is 0 Å². The van der Waals surface area contributed by atoms with Gasteiger partial charge < -0.3 is 19.9 Å². The lowest BCUT2D eigenvalue weighted by Crippen LogP contribution is -2.49. The minimum Gasteiger partial charge on any atom is -0.379 e. The van der Waals surface area contributed by atoms with Crippen LogP contribution >= 0.6 is 0 Å². The van der Waals surface area contributed by atoms with E-state index in [1.54, 1.807) is 11.1 Å². The number of hydrogen-bond donors (Lipinski definition) is 3. The molecule has 0 bridgehead atoms. The maximum Gasteiger partial charge on any atom is 0.333 e. The Labute approximate surface area is 228 Å². The number of nitrogens with zero attached hydrogens (tertiary/aromatic N) is 4. The Morgan fingerprint density at radius 3 is 2.54 bits per heavy atom. The van der Waals surface area contributed by atoms with Gasteiger partial charge in [-0.25, -0.2) is 9.80 Å².